The van der Waals surface area contributed by atoms with Crippen molar-refractivity contribution in [2.75, 3.05) is 11.1 Å². The standard InChI is InChI=1S/C28H19FN4O3S3/c29-21-12-9-19(10-13-21)24-16-37-27(30-24)32-26(34)17-38-28-31-23-7-3-4-8-25(23)33(28)39(35,36)22-14-11-18-5-1-2-6-20(18)15-22/h1-16H,17H2,(H,30,32,34). The van der Waals surface area contributed by atoms with Crippen LogP contribution in [0.4, 0.5) is 9.52 Å². The molecule has 0 atom stereocenters. The van der Waals surface area contributed by atoms with Crippen LogP contribution in [0.1, 0.15) is 0 Å². The maximum atomic E-state index is 13.8. The number of imidazole rings is 1. The Kier molecular flexibility index (Phi) is 6.63. The maximum absolute atomic E-state index is 13.8. The highest BCUT2D eigenvalue weighted by Gasteiger charge is 2.25. The Morgan fingerprint density at radius 3 is 2.49 bits per heavy atom. The number of para-hydroxylation sites is 2. The van der Waals surface area contributed by atoms with Gasteiger partial charge in [-0.1, -0.05) is 54.2 Å². The smallest absolute Gasteiger partial charge is 0.270 e. The van der Waals surface area contributed by atoms with E-state index in [2.05, 4.69) is 15.3 Å². The van der Waals surface area contributed by atoms with E-state index in [0.717, 1.165) is 28.1 Å². The number of fused-ring (bicyclic) bond motifs is 2. The summed E-state index contributed by atoms with van der Waals surface area (Å²) in [5.41, 5.74) is 2.28. The molecule has 0 bridgehead atoms. The summed E-state index contributed by atoms with van der Waals surface area (Å²) in [6.45, 7) is 0. The first-order valence-electron chi connectivity index (χ1n) is 11.7. The zero-order chi connectivity index (χ0) is 27.0. The molecule has 39 heavy (non-hydrogen) atoms. The van der Waals surface area contributed by atoms with Gasteiger partial charge in [0.2, 0.25) is 5.91 Å². The lowest BCUT2D eigenvalue weighted by Gasteiger charge is -2.11. The topological polar surface area (TPSA) is 94.0 Å². The number of benzene rings is 4. The molecule has 0 saturated heterocycles. The van der Waals surface area contributed by atoms with Gasteiger partial charge in [0.25, 0.3) is 10.0 Å². The number of hydrogen-bond donors (Lipinski definition) is 1. The van der Waals surface area contributed by atoms with E-state index < -0.39 is 10.0 Å². The van der Waals surface area contributed by atoms with Crippen molar-refractivity contribution in [3.05, 3.63) is 102 Å². The molecule has 0 fully saturated rings. The van der Waals surface area contributed by atoms with Gasteiger partial charge in [-0.15, -0.1) is 11.3 Å². The third kappa shape index (κ3) is 5.03. The number of halogens is 1. The quantitative estimate of drug-likeness (QED) is 0.221. The predicted molar refractivity (Wildman–Crippen MR) is 153 cm³/mol. The van der Waals surface area contributed by atoms with Crippen LogP contribution >= 0.6 is 23.1 Å². The number of anilines is 1. The van der Waals surface area contributed by atoms with Gasteiger partial charge in [-0.05, 0) is 59.3 Å². The van der Waals surface area contributed by atoms with Crippen LogP contribution < -0.4 is 5.32 Å². The Labute approximate surface area is 231 Å². The normalized spacial score (nSPS) is 11.7. The lowest BCUT2D eigenvalue weighted by atomic mass is 10.1. The van der Waals surface area contributed by atoms with Crippen molar-refractivity contribution < 1.29 is 17.6 Å². The van der Waals surface area contributed by atoms with Crippen molar-refractivity contribution in [3.63, 3.8) is 0 Å². The molecule has 0 saturated carbocycles. The zero-order valence-electron chi connectivity index (χ0n) is 20.1. The summed E-state index contributed by atoms with van der Waals surface area (Å²) in [5, 5.41) is 6.82. The lowest BCUT2D eigenvalue weighted by Crippen LogP contribution is -2.17. The molecule has 1 N–H and O–H groups in total. The molecule has 0 aliphatic rings. The minimum atomic E-state index is -4.02. The van der Waals surface area contributed by atoms with Crippen molar-refractivity contribution >= 4 is 66.0 Å². The van der Waals surface area contributed by atoms with Crippen LogP contribution in [-0.4, -0.2) is 34.0 Å². The van der Waals surface area contributed by atoms with Crippen LogP contribution in [0, 0.1) is 5.82 Å². The molecule has 7 nitrogen and oxygen atoms in total. The number of hydrogen-bond acceptors (Lipinski definition) is 7. The first-order chi connectivity index (χ1) is 18.9. The van der Waals surface area contributed by atoms with Gasteiger partial charge in [0.05, 0.1) is 27.4 Å². The molecule has 0 unspecified atom stereocenters. The van der Waals surface area contributed by atoms with Crippen LogP contribution in [0.15, 0.2) is 106 Å². The number of thiazole rings is 1. The summed E-state index contributed by atoms with van der Waals surface area (Å²) < 4.78 is 42.1. The molecule has 4 aromatic carbocycles. The van der Waals surface area contributed by atoms with E-state index >= 15 is 0 Å². The number of nitrogens with zero attached hydrogens (tertiary/aromatic N) is 3. The van der Waals surface area contributed by atoms with Gasteiger partial charge in [0, 0.05) is 10.9 Å². The highest BCUT2D eigenvalue weighted by molar-refractivity contribution is 8.00. The van der Waals surface area contributed by atoms with E-state index in [1.165, 1.54) is 27.4 Å². The van der Waals surface area contributed by atoms with Crippen molar-refractivity contribution in [1.29, 1.82) is 0 Å². The third-order valence-corrected chi connectivity index (χ3v) is 9.48. The van der Waals surface area contributed by atoms with E-state index in [1.807, 2.05) is 24.3 Å². The fourth-order valence-electron chi connectivity index (χ4n) is 4.11. The van der Waals surface area contributed by atoms with Crippen molar-refractivity contribution in [2.45, 2.75) is 10.1 Å². The summed E-state index contributed by atoms with van der Waals surface area (Å²) in [5.74, 6) is -0.780. The maximum Gasteiger partial charge on any atom is 0.270 e. The fourth-order valence-corrected chi connectivity index (χ4v) is 7.39. The van der Waals surface area contributed by atoms with Gasteiger partial charge < -0.3 is 5.32 Å². The van der Waals surface area contributed by atoms with Crippen molar-refractivity contribution in [2.24, 2.45) is 0 Å². The van der Waals surface area contributed by atoms with Gasteiger partial charge in [0.15, 0.2) is 10.3 Å². The van der Waals surface area contributed by atoms with Crippen LogP contribution in [-0.2, 0) is 14.8 Å². The number of rotatable bonds is 7. The summed E-state index contributed by atoms with van der Waals surface area (Å²) in [6, 6.07) is 25.4. The van der Waals surface area contributed by atoms with E-state index in [-0.39, 0.29) is 27.5 Å². The first kappa shape index (κ1) is 25.2. The second kappa shape index (κ2) is 10.3. The molecular formula is C28H19FN4O3S3. The van der Waals surface area contributed by atoms with Gasteiger partial charge in [-0.3, -0.25) is 4.79 Å². The number of carbonyl (C=O) groups excluding carboxylic acids is 1. The van der Waals surface area contributed by atoms with E-state index in [0.29, 0.717) is 21.9 Å². The second-order valence-corrected chi connectivity index (χ2v) is 12.1. The van der Waals surface area contributed by atoms with Crippen molar-refractivity contribution in [1.82, 2.24) is 13.9 Å². The molecule has 6 rings (SSSR count). The van der Waals surface area contributed by atoms with Gasteiger partial charge in [0.1, 0.15) is 5.82 Å². The molecule has 0 aliphatic heterocycles. The van der Waals surface area contributed by atoms with Crippen LogP contribution in [0.5, 0.6) is 0 Å². The molecule has 1 amide bonds. The highest BCUT2D eigenvalue weighted by atomic mass is 32.2. The lowest BCUT2D eigenvalue weighted by molar-refractivity contribution is -0.113. The number of aromatic nitrogens is 3. The van der Waals surface area contributed by atoms with E-state index in [4.69, 9.17) is 0 Å². The molecule has 6 aromatic rings. The second-order valence-electron chi connectivity index (χ2n) is 8.54. The van der Waals surface area contributed by atoms with Crippen molar-refractivity contribution in [3.8, 4) is 11.3 Å². The van der Waals surface area contributed by atoms with Gasteiger partial charge >= 0.3 is 0 Å². The number of amides is 1. The van der Waals surface area contributed by atoms with E-state index in [1.54, 1.807) is 60.0 Å². The first-order valence-corrected chi connectivity index (χ1v) is 15.0. The Hall–Kier alpha value is -4.06. The molecule has 11 heteroatoms. The minimum absolute atomic E-state index is 0.0813. The van der Waals surface area contributed by atoms with Crippen LogP contribution in [0.2, 0.25) is 0 Å². The summed E-state index contributed by atoms with van der Waals surface area (Å²) in [6.07, 6.45) is 0. The Bertz CT molecular complexity index is 1950. The fraction of sp³-hybridized carbons (Fsp3) is 0.0357. The third-order valence-electron chi connectivity index (χ3n) is 5.97. The predicted octanol–water partition coefficient (Wildman–Crippen LogP) is 6.42. The molecule has 0 radical (unpaired) electrons. The number of thioether (sulfide) groups is 1. The molecule has 194 valence electrons. The summed E-state index contributed by atoms with van der Waals surface area (Å²) in [7, 11) is -4.02. The minimum Gasteiger partial charge on any atom is -0.301 e. The highest BCUT2D eigenvalue weighted by Crippen LogP contribution is 2.31. The summed E-state index contributed by atoms with van der Waals surface area (Å²) in [4.78, 5) is 21.8. The van der Waals surface area contributed by atoms with Crippen LogP contribution in [0.3, 0.4) is 0 Å². The molecular weight excluding hydrogens is 556 g/mol. The summed E-state index contributed by atoms with van der Waals surface area (Å²) >= 11 is 2.27. The van der Waals surface area contributed by atoms with Gasteiger partial charge in [-0.2, -0.15) is 0 Å². The number of nitrogens with one attached hydrogen (secondary N) is 1. The number of carbonyl (C=O) groups is 1. The largest absolute Gasteiger partial charge is 0.301 e. The van der Waals surface area contributed by atoms with Gasteiger partial charge in [-0.25, -0.2) is 26.7 Å². The Morgan fingerprint density at radius 1 is 0.923 bits per heavy atom. The average Bonchev–Trinajstić information content (AvgIpc) is 3.57. The van der Waals surface area contributed by atoms with E-state index in [9.17, 15) is 17.6 Å². The average molecular weight is 575 g/mol. The molecule has 0 aliphatic carbocycles. The zero-order valence-corrected chi connectivity index (χ0v) is 22.6. The monoisotopic (exact) mass is 574 g/mol. The molecule has 0 spiro atoms. The Morgan fingerprint density at radius 2 is 1.67 bits per heavy atom. The SMILES string of the molecule is O=C(CSc1nc2ccccc2n1S(=O)(=O)c1ccc2ccccc2c1)Nc1nc(-c2ccc(F)cc2)cs1. The molecule has 2 aromatic heterocycles. The van der Waals surface area contributed by atoms with Crippen LogP contribution in [0.25, 0.3) is 33.1 Å². The molecule has 2 heterocycles. The Balaban J connectivity index is 1.25.